The zero-order chi connectivity index (χ0) is 26.5. The van der Waals surface area contributed by atoms with Gasteiger partial charge in [-0.25, -0.2) is 0 Å². The van der Waals surface area contributed by atoms with E-state index in [0.717, 1.165) is 18.5 Å². The van der Waals surface area contributed by atoms with Gasteiger partial charge in [-0.3, -0.25) is 19.8 Å². The molecule has 4 unspecified atom stereocenters. The number of hydrogen-bond donors (Lipinski definition) is 3. The number of anilines is 1. The molecule has 3 N–H and O–H groups in total. The molecule has 2 heterocycles. The second kappa shape index (κ2) is 12.2. The summed E-state index contributed by atoms with van der Waals surface area (Å²) < 4.78 is 0. The maximum Gasteiger partial charge on any atom is 0.234 e. The fraction of sp³-hybridized carbons (Fsp3) is 0.630. The summed E-state index contributed by atoms with van der Waals surface area (Å²) in [5.74, 6) is 0.384. The van der Waals surface area contributed by atoms with Crippen molar-refractivity contribution < 1.29 is 14.4 Å². The second-order valence-electron chi connectivity index (χ2n) is 10.5. The summed E-state index contributed by atoms with van der Waals surface area (Å²) in [6.07, 6.45) is 3.41. The minimum atomic E-state index is -0.377. The molecular formula is C27H40N6O3S. The van der Waals surface area contributed by atoms with E-state index >= 15 is 0 Å². The van der Waals surface area contributed by atoms with E-state index in [1.54, 1.807) is 0 Å². The Morgan fingerprint density at radius 1 is 1.19 bits per heavy atom. The minimum absolute atomic E-state index is 0.0684. The highest BCUT2D eigenvalue weighted by Gasteiger charge is 2.52. The monoisotopic (exact) mass is 528 g/mol. The van der Waals surface area contributed by atoms with Gasteiger partial charge in [0.15, 0.2) is 11.5 Å². The molecule has 202 valence electrons. The molecule has 10 heteroatoms. The average Bonchev–Trinajstić information content (AvgIpc) is 3.32. The zero-order valence-corrected chi connectivity index (χ0v) is 23.1. The van der Waals surface area contributed by atoms with Crippen LogP contribution in [0, 0.1) is 17.8 Å². The Morgan fingerprint density at radius 3 is 2.62 bits per heavy atom. The van der Waals surface area contributed by atoms with Crippen molar-refractivity contribution in [1.82, 2.24) is 20.5 Å². The van der Waals surface area contributed by atoms with Crippen molar-refractivity contribution in [2.75, 3.05) is 24.2 Å². The van der Waals surface area contributed by atoms with Crippen LogP contribution < -0.4 is 16.1 Å². The molecule has 2 aliphatic heterocycles. The van der Waals surface area contributed by atoms with Gasteiger partial charge in [-0.2, -0.15) is 5.10 Å². The van der Waals surface area contributed by atoms with Crippen LogP contribution in [-0.2, 0) is 20.8 Å². The van der Waals surface area contributed by atoms with E-state index in [-0.39, 0.29) is 47.6 Å². The Morgan fingerprint density at radius 2 is 1.95 bits per heavy atom. The Hall–Kier alpha value is -2.75. The molecule has 1 aliphatic carbocycles. The maximum atomic E-state index is 13.4. The summed E-state index contributed by atoms with van der Waals surface area (Å²) in [5.41, 5.74) is 5.14. The molecular weight excluding hydrogens is 488 g/mol. The lowest BCUT2D eigenvalue weighted by atomic mass is 9.75. The summed E-state index contributed by atoms with van der Waals surface area (Å²) in [7, 11) is 0. The highest BCUT2D eigenvalue weighted by molar-refractivity contribution is 8.14. The Balaban J connectivity index is 1.44. The third-order valence-corrected chi connectivity index (χ3v) is 8.29. The van der Waals surface area contributed by atoms with E-state index in [4.69, 9.17) is 0 Å². The predicted molar refractivity (Wildman–Crippen MR) is 148 cm³/mol. The van der Waals surface area contributed by atoms with Crippen LogP contribution in [0.4, 0.5) is 5.69 Å². The number of carbonyl (C=O) groups is 3. The highest BCUT2D eigenvalue weighted by Crippen LogP contribution is 2.41. The molecule has 0 bridgehead atoms. The van der Waals surface area contributed by atoms with Crippen molar-refractivity contribution in [2.24, 2.45) is 22.9 Å². The summed E-state index contributed by atoms with van der Waals surface area (Å²) in [5, 5.41) is 11.3. The molecule has 1 saturated carbocycles. The van der Waals surface area contributed by atoms with Gasteiger partial charge in [0, 0.05) is 30.7 Å². The Kier molecular flexibility index (Phi) is 9.00. The SMILES string of the molecule is CCCN1C(=O)C2CCC(C(=O)NCC(C)C)CC2N2C(SCC(=O)Nc3ccc(CC)cc3)=NNC12. The molecule has 0 spiro atoms. The van der Waals surface area contributed by atoms with Crippen LogP contribution in [0.5, 0.6) is 0 Å². The lowest BCUT2D eigenvalue weighted by Gasteiger charge is -2.51. The van der Waals surface area contributed by atoms with E-state index < -0.39 is 0 Å². The highest BCUT2D eigenvalue weighted by atomic mass is 32.2. The number of benzene rings is 1. The largest absolute Gasteiger partial charge is 0.356 e. The smallest absolute Gasteiger partial charge is 0.234 e. The summed E-state index contributed by atoms with van der Waals surface area (Å²) >= 11 is 1.37. The fourth-order valence-corrected chi connectivity index (χ4v) is 6.21. The molecule has 9 nitrogen and oxygen atoms in total. The number of hydrazone groups is 1. The normalized spacial score (nSPS) is 24.8. The van der Waals surface area contributed by atoms with E-state index in [1.165, 1.54) is 17.3 Å². The van der Waals surface area contributed by atoms with Crippen LogP contribution in [0.15, 0.2) is 29.4 Å². The van der Waals surface area contributed by atoms with Gasteiger partial charge in [-0.05, 0) is 55.7 Å². The number of rotatable bonds is 9. The molecule has 3 amide bonds. The van der Waals surface area contributed by atoms with Crippen molar-refractivity contribution in [3.8, 4) is 0 Å². The number of aryl methyl sites for hydroxylation is 1. The molecule has 37 heavy (non-hydrogen) atoms. The first kappa shape index (κ1) is 27.3. The van der Waals surface area contributed by atoms with E-state index in [2.05, 4.69) is 53.8 Å². The molecule has 2 fully saturated rings. The fourth-order valence-electron chi connectivity index (χ4n) is 5.37. The van der Waals surface area contributed by atoms with Gasteiger partial charge in [-0.1, -0.05) is 51.6 Å². The molecule has 1 aromatic rings. The van der Waals surface area contributed by atoms with Crippen molar-refractivity contribution in [3.05, 3.63) is 29.8 Å². The molecule has 4 rings (SSSR count). The van der Waals surface area contributed by atoms with Gasteiger partial charge in [0.25, 0.3) is 0 Å². The number of nitrogens with one attached hydrogen (secondary N) is 3. The number of amides is 3. The van der Waals surface area contributed by atoms with Crippen molar-refractivity contribution in [2.45, 2.75) is 72.1 Å². The summed E-state index contributed by atoms with van der Waals surface area (Å²) in [6, 6.07) is 7.74. The molecule has 4 atom stereocenters. The van der Waals surface area contributed by atoms with Gasteiger partial charge < -0.3 is 20.4 Å². The van der Waals surface area contributed by atoms with Crippen LogP contribution in [0.1, 0.15) is 58.9 Å². The standard InChI is InChI=1S/C27H40N6O3S/c1-5-13-32-25(36)21-12-9-19(24(35)28-15-17(3)4)14-22(21)33-26(32)30-31-27(33)37-16-23(34)29-20-10-7-18(6-2)8-11-20/h7-8,10-11,17,19,21-22,26,30H,5-6,9,12-16H2,1-4H3,(H,28,35)(H,29,34). The van der Waals surface area contributed by atoms with Gasteiger partial charge in [0.2, 0.25) is 17.7 Å². The Labute approximate surface area is 224 Å². The van der Waals surface area contributed by atoms with E-state index in [1.807, 2.05) is 29.2 Å². The van der Waals surface area contributed by atoms with Crippen LogP contribution >= 0.6 is 11.8 Å². The number of carbonyl (C=O) groups excluding carboxylic acids is 3. The van der Waals surface area contributed by atoms with Gasteiger partial charge in [-0.15, -0.1) is 0 Å². The Bertz CT molecular complexity index is 1010. The van der Waals surface area contributed by atoms with Crippen LogP contribution in [0.3, 0.4) is 0 Å². The first-order valence-corrected chi connectivity index (χ1v) is 14.5. The van der Waals surface area contributed by atoms with Crippen LogP contribution in [0.25, 0.3) is 0 Å². The number of fused-ring (bicyclic) bond motifs is 3. The third kappa shape index (κ3) is 6.22. The van der Waals surface area contributed by atoms with Crippen molar-refractivity contribution in [1.29, 1.82) is 0 Å². The number of thioether (sulfide) groups is 1. The van der Waals surface area contributed by atoms with Crippen molar-refractivity contribution >= 4 is 40.3 Å². The lowest BCUT2D eigenvalue weighted by molar-refractivity contribution is -0.157. The third-order valence-electron chi connectivity index (χ3n) is 7.33. The second-order valence-corrected chi connectivity index (χ2v) is 11.5. The van der Waals surface area contributed by atoms with Crippen molar-refractivity contribution in [3.63, 3.8) is 0 Å². The molecule has 0 aromatic heterocycles. The molecule has 1 aromatic carbocycles. The van der Waals surface area contributed by atoms with E-state index in [9.17, 15) is 14.4 Å². The number of amidine groups is 1. The topological polar surface area (TPSA) is 106 Å². The van der Waals surface area contributed by atoms with Gasteiger partial charge in [0.1, 0.15) is 0 Å². The molecule has 0 radical (unpaired) electrons. The summed E-state index contributed by atoms with van der Waals surface area (Å²) in [6.45, 7) is 9.60. The first-order valence-electron chi connectivity index (χ1n) is 13.5. The average molecular weight is 529 g/mol. The molecule has 1 saturated heterocycles. The maximum absolute atomic E-state index is 13.4. The van der Waals surface area contributed by atoms with Crippen LogP contribution in [0.2, 0.25) is 0 Å². The van der Waals surface area contributed by atoms with Gasteiger partial charge in [0.05, 0.1) is 11.7 Å². The first-order chi connectivity index (χ1) is 17.8. The number of nitrogens with zero attached hydrogens (tertiary/aromatic N) is 3. The van der Waals surface area contributed by atoms with Crippen LogP contribution in [-0.4, -0.2) is 63.9 Å². The minimum Gasteiger partial charge on any atom is -0.356 e. The summed E-state index contributed by atoms with van der Waals surface area (Å²) in [4.78, 5) is 43.1. The quantitative estimate of drug-likeness (QED) is 0.455. The zero-order valence-electron chi connectivity index (χ0n) is 22.3. The number of hydrogen-bond acceptors (Lipinski definition) is 7. The van der Waals surface area contributed by atoms with E-state index in [0.29, 0.717) is 43.4 Å². The lowest BCUT2D eigenvalue weighted by Crippen LogP contribution is -2.68. The van der Waals surface area contributed by atoms with Gasteiger partial charge >= 0.3 is 0 Å². The predicted octanol–water partition coefficient (Wildman–Crippen LogP) is 3.19. The molecule has 3 aliphatic rings.